The number of para-hydroxylation sites is 1. The second kappa shape index (κ2) is 8.07. The molecule has 6 rings (SSSR count). The standard InChI is InChI=1S/C29H23ClN2O4/c1-3-14-31-22-11-7-5-9-20(22)29(28(31)35)24-25(33)19-15-17(2)12-13-23(19)36-26(24)27(34)32(29)16-18-8-4-6-10-21(18)30/h4-13,15H,3,14,16H2,1-2H3. The normalized spacial score (nSPS) is 18.4. The zero-order valence-electron chi connectivity index (χ0n) is 19.9. The Kier molecular flexibility index (Phi) is 5.05. The van der Waals surface area contributed by atoms with E-state index in [9.17, 15) is 14.4 Å². The van der Waals surface area contributed by atoms with Gasteiger partial charge in [0.15, 0.2) is 11.0 Å². The number of hydrogen-bond donors (Lipinski definition) is 0. The zero-order valence-corrected chi connectivity index (χ0v) is 20.6. The van der Waals surface area contributed by atoms with Gasteiger partial charge in [-0.2, -0.15) is 0 Å². The Bertz CT molecular complexity index is 1640. The van der Waals surface area contributed by atoms with Gasteiger partial charge >= 0.3 is 0 Å². The highest BCUT2D eigenvalue weighted by molar-refractivity contribution is 6.31. The van der Waals surface area contributed by atoms with Crippen LogP contribution in [0.1, 0.15) is 46.2 Å². The van der Waals surface area contributed by atoms with Crippen LogP contribution in [0.15, 0.2) is 75.9 Å². The van der Waals surface area contributed by atoms with Crippen LogP contribution in [0.2, 0.25) is 5.02 Å². The molecule has 180 valence electrons. The molecule has 6 nitrogen and oxygen atoms in total. The first-order valence-electron chi connectivity index (χ1n) is 11.9. The van der Waals surface area contributed by atoms with E-state index in [1.807, 2.05) is 56.3 Å². The summed E-state index contributed by atoms with van der Waals surface area (Å²) in [5.41, 5.74) is 1.23. The van der Waals surface area contributed by atoms with Gasteiger partial charge in [0.2, 0.25) is 5.76 Å². The summed E-state index contributed by atoms with van der Waals surface area (Å²) in [6, 6.07) is 19.8. The third kappa shape index (κ3) is 2.88. The number of rotatable bonds is 4. The number of fused-ring (bicyclic) bond motifs is 5. The van der Waals surface area contributed by atoms with Crippen LogP contribution in [0.5, 0.6) is 0 Å². The molecular formula is C29H23ClN2O4. The van der Waals surface area contributed by atoms with Gasteiger partial charge in [-0.05, 0) is 43.2 Å². The Morgan fingerprint density at radius 2 is 1.72 bits per heavy atom. The fourth-order valence-corrected chi connectivity index (χ4v) is 5.76. The molecule has 0 fully saturated rings. The highest BCUT2D eigenvalue weighted by Crippen LogP contribution is 2.53. The van der Waals surface area contributed by atoms with Gasteiger partial charge in [0.1, 0.15) is 5.58 Å². The lowest BCUT2D eigenvalue weighted by Crippen LogP contribution is -2.53. The first kappa shape index (κ1) is 22.6. The van der Waals surface area contributed by atoms with E-state index in [0.717, 1.165) is 5.56 Å². The van der Waals surface area contributed by atoms with E-state index in [0.29, 0.717) is 45.8 Å². The molecular weight excluding hydrogens is 476 g/mol. The van der Waals surface area contributed by atoms with Crippen molar-refractivity contribution in [1.82, 2.24) is 4.90 Å². The molecule has 2 aliphatic heterocycles. The first-order valence-corrected chi connectivity index (χ1v) is 12.3. The zero-order chi connectivity index (χ0) is 25.2. The van der Waals surface area contributed by atoms with Gasteiger partial charge in [-0.3, -0.25) is 14.4 Å². The number of carbonyl (C=O) groups excluding carboxylic acids is 2. The van der Waals surface area contributed by atoms with Gasteiger partial charge in [-0.25, -0.2) is 0 Å². The summed E-state index contributed by atoms with van der Waals surface area (Å²) in [5, 5.41) is 0.820. The number of benzene rings is 3. The van der Waals surface area contributed by atoms with Crippen LogP contribution >= 0.6 is 11.6 Å². The summed E-state index contributed by atoms with van der Waals surface area (Å²) in [6.07, 6.45) is 0.715. The maximum absolute atomic E-state index is 14.4. The predicted octanol–water partition coefficient (Wildman–Crippen LogP) is 5.41. The van der Waals surface area contributed by atoms with E-state index >= 15 is 0 Å². The average Bonchev–Trinajstić information content (AvgIpc) is 3.26. The van der Waals surface area contributed by atoms with Crippen molar-refractivity contribution in [2.75, 3.05) is 11.4 Å². The number of amides is 2. The summed E-state index contributed by atoms with van der Waals surface area (Å²) >= 11 is 6.49. The first-order chi connectivity index (χ1) is 17.4. The SMILES string of the molecule is CCCN1C(=O)C2(c3ccccc31)c1c(oc3ccc(C)cc3c1=O)C(=O)N2Cc1ccccc1Cl. The van der Waals surface area contributed by atoms with Crippen molar-refractivity contribution < 1.29 is 14.0 Å². The van der Waals surface area contributed by atoms with Gasteiger partial charge in [0.05, 0.1) is 16.6 Å². The lowest BCUT2D eigenvalue weighted by molar-refractivity contribution is -0.126. The fourth-order valence-electron chi connectivity index (χ4n) is 5.57. The Balaban J connectivity index is 1.71. The highest BCUT2D eigenvalue weighted by atomic mass is 35.5. The predicted molar refractivity (Wildman–Crippen MR) is 138 cm³/mol. The van der Waals surface area contributed by atoms with Crippen molar-refractivity contribution in [3.63, 3.8) is 0 Å². The van der Waals surface area contributed by atoms with Crippen LogP contribution in [0, 0.1) is 6.92 Å². The lowest BCUT2D eigenvalue weighted by atomic mass is 9.83. The molecule has 0 saturated heterocycles. The summed E-state index contributed by atoms with van der Waals surface area (Å²) in [7, 11) is 0. The van der Waals surface area contributed by atoms with E-state index in [4.69, 9.17) is 16.0 Å². The lowest BCUT2D eigenvalue weighted by Gasteiger charge is -2.34. The number of carbonyl (C=O) groups is 2. The Morgan fingerprint density at radius 1 is 0.972 bits per heavy atom. The molecule has 1 spiro atoms. The van der Waals surface area contributed by atoms with Crippen LogP contribution in [0.25, 0.3) is 11.0 Å². The molecule has 36 heavy (non-hydrogen) atoms. The molecule has 1 aromatic heterocycles. The second-order valence-electron chi connectivity index (χ2n) is 9.30. The Labute approximate surface area is 212 Å². The van der Waals surface area contributed by atoms with Crippen molar-refractivity contribution in [3.05, 3.63) is 110 Å². The Morgan fingerprint density at radius 3 is 2.50 bits per heavy atom. The third-order valence-electron chi connectivity index (χ3n) is 7.12. The maximum Gasteiger partial charge on any atom is 0.291 e. The molecule has 0 N–H and O–H groups in total. The largest absolute Gasteiger partial charge is 0.450 e. The van der Waals surface area contributed by atoms with Gasteiger partial charge < -0.3 is 14.2 Å². The van der Waals surface area contributed by atoms with Crippen LogP contribution in [-0.2, 0) is 16.9 Å². The van der Waals surface area contributed by atoms with Crippen molar-refractivity contribution in [2.45, 2.75) is 32.4 Å². The van der Waals surface area contributed by atoms with Gasteiger partial charge in [0, 0.05) is 23.7 Å². The van der Waals surface area contributed by atoms with E-state index in [1.165, 1.54) is 4.90 Å². The second-order valence-corrected chi connectivity index (χ2v) is 9.71. The molecule has 0 saturated carbocycles. The maximum atomic E-state index is 14.4. The summed E-state index contributed by atoms with van der Waals surface area (Å²) < 4.78 is 6.10. The van der Waals surface area contributed by atoms with Crippen molar-refractivity contribution in [3.8, 4) is 0 Å². The van der Waals surface area contributed by atoms with E-state index in [2.05, 4.69) is 0 Å². The number of hydrogen-bond acceptors (Lipinski definition) is 4. The van der Waals surface area contributed by atoms with Crippen molar-refractivity contribution in [1.29, 1.82) is 0 Å². The molecule has 3 aromatic carbocycles. The highest BCUT2D eigenvalue weighted by Gasteiger charge is 2.64. The smallest absolute Gasteiger partial charge is 0.291 e. The number of nitrogens with zero attached hydrogens (tertiary/aromatic N) is 2. The minimum absolute atomic E-state index is 0.0392. The minimum atomic E-state index is -1.64. The number of anilines is 1. The molecule has 0 bridgehead atoms. The topological polar surface area (TPSA) is 70.8 Å². The van der Waals surface area contributed by atoms with E-state index in [1.54, 1.807) is 29.2 Å². The Hall–Kier alpha value is -3.90. The van der Waals surface area contributed by atoms with E-state index < -0.39 is 11.4 Å². The van der Waals surface area contributed by atoms with Crippen LogP contribution in [0.3, 0.4) is 0 Å². The van der Waals surface area contributed by atoms with Crippen molar-refractivity contribution in [2.24, 2.45) is 0 Å². The molecule has 0 radical (unpaired) electrons. The summed E-state index contributed by atoms with van der Waals surface area (Å²) in [4.78, 5) is 45.8. The minimum Gasteiger partial charge on any atom is -0.450 e. The van der Waals surface area contributed by atoms with Crippen LogP contribution < -0.4 is 10.3 Å². The van der Waals surface area contributed by atoms with Gasteiger partial charge in [-0.15, -0.1) is 0 Å². The fraction of sp³-hybridized carbons (Fsp3) is 0.207. The average molecular weight is 499 g/mol. The molecule has 3 heterocycles. The number of halogens is 1. The molecule has 0 aliphatic carbocycles. The third-order valence-corrected chi connectivity index (χ3v) is 7.49. The molecule has 7 heteroatoms. The van der Waals surface area contributed by atoms with Gasteiger partial charge in [-0.1, -0.05) is 66.6 Å². The quantitative estimate of drug-likeness (QED) is 0.377. The molecule has 2 amide bonds. The summed E-state index contributed by atoms with van der Waals surface area (Å²) in [6.45, 7) is 4.37. The van der Waals surface area contributed by atoms with Crippen LogP contribution in [0.4, 0.5) is 5.69 Å². The van der Waals surface area contributed by atoms with Crippen LogP contribution in [-0.4, -0.2) is 23.3 Å². The molecule has 1 atom stereocenters. The van der Waals surface area contributed by atoms with E-state index in [-0.39, 0.29) is 29.2 Å². The molecule has 1 unspecified atom stereocenters. The summed E-state index contributed by atoms with van der Waals surface area (Å²) in [5.74, 6) is -0.931. The number of aryl methyl sites for hydroxylation is 1. The van der Waals surface area contributed by atoms with Crippen molar-refractivity contribution >= 4 is 40.1 Å². The van der Waals surface area contributed by atoms with Gasteiger partial charge in [0.25, 0.3) is 11.8 Å². The molecule has 2 aliphatic rings. The molecule has 4 aromatic rings. The monoisotopic (exact) mass is 498 g/mol.